The highest BCUT2D eigenvalue weighted by Crippen LogP contribution is 2.26. The fourth-order valence-corrected chi connectivity index (χ4v) is 1.44. The van der Waals surface area contributed by atoms with Crippen molar-refractivity contribution in [3.8, 4) is 0 Å². The summed E-state index contributed by atoms with van der Waals surface area (Å²) < 4.78 is 4.84. The van der Waals surface area contributed by atoms with Gasteiger partial charge < -0.3 is 4.74 Å². The molecule has 1 aliphatic rings. The quantitative estimate of drug-likeness (QED) is 0.460. The van der Waals surface area contributed by atoms with Gasteiger partial charge in [-0.05, 0) is 13.3 Å². The summed E-state index contributed by atoms with van der Waals surface area (Å²) in [6.07, 6.45) is 4.82. The Morgan fingerprint density at radius 3 is 2.64 bits per heavy atom. The average molecular weight is 156 g/mol. The van der Waals surface area contributed by atoms with Gasteiger partial charge in [-0.2, -0.15) is 0 Å². The molecule has 0 amide bonds. The smallest absolute Gasteiger partial charge is 0.312 e. The fraction of sp³-hybridized carbons (Fsp3) is 0.889. The number of unbranched alkanes of at least 4 members (excludes halogenated alkanes) is 2. The molecule has 0 bridgehead atoms. The van der Waals surface area contributed by atoms with E-state index in [1.54, 1.807) is 0 Å². The monoisotopic (exact) mass is 156 g/mol. The van der Waals surface area contributed by atoms with Gasteiger partial charge in [0.1, 0.15) is 6.10 Å². The Hall–Kier alpha value is -0.530. The first-order valence-electron chi connectivity index (χ1n) is 4.46. The summed E-state index contributed by atoms with van der Waals surface area (Å²) in [5.41, 5.74) is 0. The molecule has 2 atom stereocenters. The van der Waals surface area contributed by atoms with Crippen LogP contribution in [0.5, 0.6) is 0 Å². The Morgan fingerprint density at radius 2 is 2.18 bits per heavy atom. The lowest BCUT2D eigenvalue weighted by atomic mass is 9.92. The minimum Gasteiger partial charge on any atom is -0.461 e. The van der Waals surface area contributed by atoms with Crippen molar-refractivity contribution in [2.45, 2.75) is 45.6 Å². The highest BCUT2D eigenvalue weighted by Gasteiger charge is 2.37. The summed E-state index contributed by atoms with van der Waals surface area (Å²) >= 11 is 0. The van der Waals surface area contributed by atoms with E-state index in [1.165, 1.54) is 19.3 Å². The van der Waals surface area contributed by atoms with Crippen molar-refractivity contribution in [2.24, 2.45) is 5.92 Å². The van der Waals surface area contributed by atoms with E-state index < -0.39 is 0 Å². The van der Waals surface area contributed by atoms with E-state index in [9.17, 15) is 4.79 Å². The molecule has 64 valence electrons. The van der Waals surface area contributed by atoms with Crippen LogP contribution in [0, 0.1) is 5.92 Å². The standard InChI is InChI=1S/C9H16O2/c1-3-4-5-6-8-7(2)11-9(8)10/h7-8H,3-6H2,1-2H3/t7-,8+/m1/s1. The number of carbonyl (C=O) groups is 1. The van der Waals surface area contributed by atoms with Crippen LogP contribution < -0.4 is 0 Å². The highest BCUT2D eigenvalue weighted by molar-refractivity contribution is 5.78. The van der Waals surface area contributed by atoms with Crippen LogP contribution in [0.1, 0.15) is 39.5 Å². The van der Waals surface area contributed by atoms with E-state index in [0.717, 1.165) is 6.42 Å². The second-order valence-corrected chi connectivity index (χ2v) is 3.24. The van der Waals surface area contributed by atoms with Gasteiger partial charge in [-0.3, -0.25) is 4.79 Å². The van der Waals surface area contributed by atoms with Crippen LogP contribution in [0.25, 0.3) is 0 Å². The normalized spacial score (nSPS) is 29.5. The molecule has 0 saturated carbocycles. The van der Waals surface area contributed by atoms with Gasteiger partial charge in [0.15, 0.2) is 0 Å². The molecule has 1 aliphatic heterocycles. The molecule has 0 spiro atoms. The number of ether oxygens (including phenoxy) is 1. The Kier molecular flexibility index (Phi) is 2.92. The van der Waals surface area contributed by atoms with E-state index >= 15 is 0 Å². The zero-order valence-electron chi connectivity index (χ0n) is 7.30. The Balaban J connectivity index is 2.11. The molecule has 11 heavy (non-hydrogen) atoms. The second kappa shape index (κ2) is 3.74. The maximum Gasteiger partial charge on any atom is 0.312 e. The third-order valence-electron chi connectivity index (χ3n) is 2.29. The van der Waals surface area contributed by atoms with E-state index in [4.69, 9.17) is 4.74 Å². The van der Waals surface area contributed by atoms with Gasteiger partial charge in [-0.15, -0.1) is 0 Å². The van der Waals surface area contributed by atoms with E-state index in [-0.39, 0.29) is 18.0 Å². The molecule has 0 N–H and O–H groups in total. The highest BCUT2D eigenvalue weighted by atomic mass is 16.6. The molecular weight excluding hydrogens is 140 g/mol. The van der Waals surface area contributed by atoms with Gasteiger partial charge in [-0.25, -0.2) is 0 Å². The minimum absolute atomic E-state index is 0.00797. The number of hydrogen-bond acceptors (Lipinski definition) is 2. The molecule has 0 aromatic rings. The second-order valence-electron chi connectivity index (χ2n) is 3.24. The molecule has 1 rings (SSSR count). The van der Waals surface area contributed by atoms with Crippen molar-refractivity contribution in [2.75, 3.05) is 0 Å². The summed E-state index contributed by atoms with van der Waals surface area (Å²) in [4.78, 5) is 10.8. The maximum atomic E-state index is 10.8. The van der Waals surface area contributed by atoms with E-state index in [1.807, 2.05) is 6.92 Å². The number of cyclic esters (lactones) is 1. The molecule has 1 fully saturated rings. The third-order valence-corrected chi connectivity index (χ3v) is 2.29. The molecular formula is C9H16O2. The number of rotatable bonds is 4. The van der Waals surface area contributed by atoms with Crippen molar-refractivity contribution in [1.29, 1.82) is 0 Å². The predicted octanol–water partition coefficient (Wildman–Crippen LogP) is 2.13. The lowest BCUT2D eigenvalue weighted by molar-refractivity contribution is -0.182. The third kappa shape index (κ3) is 1.95. The van der Waals surface area contributed by atoms with Crippen molar-refractivity contribution in [3.63, 3.8) is 0 Å². The molecule has 1 heterocycles. The maximum absolute atomic E-state index is 10.8. The van der Waals surface area contributed by atoms with Crippen molar-refractivity contribution >= 4 is 5.97 Å². The van der Waals surface area contributed by atoms with Crippen LogP contribution in [0.15, 0.2) is 0 Å². The van der Waals surface area contributed by atoms with E-state index in [2.05, 4.69) is 6.92 Å². The summed E-state index contributed by atoms with van der Waals surface area (Å²) in [5.74, 6) is 0.218. The van der Waals surface area contributed by atoms with Crippen molar-refractivity contribution in [3.05, 3.63) is 0 Å². The number of hydrogen-bond donors (Lipinski definition) is 0. The average Bonchev–Trinajstić information content (AvgIpc) is 1.98. The first-order valence-corrected chi connectivity index (χ1v) is 4.46. The fourth-order valence-electron chi connectivity index (χ4n) is 1.44. The molecule has 0 aromatic heterocycles. The lowest BCUT2D eigenvalue weighted by Crippen LogP contribution is -2.42. The summed E-state index contributed by atoms with van der Waals surface area (Å²) in [5, 5.41) is 0. The topological polar surface area (TPSA) is 26.3 Å². The van der Waals surface area contributed by atoms with Crippen molar-refractivity contribution in [1.82, 2.24) is 0 Å². The van der Waals surface area contributed by atoms with Gasteiger partial charge in [0.05, 0.1) is 5.92 Å². The van der Waals surface area contributed by atoms with Crippen LogP contribution in [0.3, 0.4) is 0 Å². The Morgan fingerprint density at radius 1 is 1.45 bits per heavy atom. The molecule has 1 saturated heterocycles. The zero-order valence-corrected chi connectivity index (χ0v) is 7.30. The van der Waals surface area contributed by atoms with Gasteiger partial charge >= 0.3 is 5.97 Å². The number of esters is 1. The van der Waals surface area contributed by atoms with Gasteiger partial charge in [0, 0.05) is 0 Å². The van der Waals surface area contributed by atoms with Crippen LogP contribution in [0.2, 0.25) is 0 Å². The number of carbonyl (C=O) groups excluding carboxylic acids is 1. The molecule has 2 heteroatoms. The van der Waals surface area contributed by atoms with Crippen LogP contribution in [-0.2, 0) is 9.53 Å². The largest absolute Gasteiger partial charge is 0.461 e. The Bertz CT molecular complexity index is 142. The summed E-state index contributed by atoms with van der Waals surface area (Å²) in [7, 11) is 0. The Labute approximate surface area is 67.9 Å². The minimum atomic E-state index is 0.00797. The first-order chi connectivity index (χ1) is 5.25. The zero-order chi connectivity index (χ0) is 8.27. The van der Waals surface area contributed by atoms with Crippen LogP contribution >= 0.6 is 0 Å². The van der Waals surface area contributed by atoms with Gasteiger partial charge in [-0.1, -0.05) is 26.2 Å². The van der Waals surface area contributed by atoms with Crippen molar-refractivity contribution < 1.29 is 9.53 Å². The molecule has 0 unspecified atom stereocenters. The van der Waals surface area contributed by atoms with Crippen LogP contribution in [0.4, 0.5) is 0 Å². The van der Waals surface area contributed by atoms with Gasteiger partial charge in [0.2, 0.25) is 0 Å². The molecule has 0 aromatic carbocycles. The lowest BCUT2D eigenvalue weighted by Gasteiger charge is -2.32. The molecule has 2 nitrogen and oxygen atoms in total. The van der Waals surface area contributed by atoms with E-state index in [0.29, 0.717) is 0 Å². The summed E-state index contributed by atoms with van der Waals surface area (Å²) in [6.45, 7) is 4.14. The molecule has 0 aliphatic carbocycles. The van der Waals surface area contributed by atoms with Crippen LogP contribution in [-0.4, -0.2) is 12.1 Å². The SMILES string of the molecule is CCCCC[C@@H]1C(=O)O[C@@H]1C. The first kappa shape index (κ1) is 8.57. The molecule has 0 radical (unpaired) electrons. The summed E-state index contributed by atoms with van der Waals surface area (Å²) in [6, 6.07) is 0. The van der Waals surface area contributed by atoms with Gasteiger partial charge in [0.25, 0.3) is 0 Å². The predicted molar refractivity (Wildman–Crippen MR) is 43.2 cm³/mol.